The molecule has 0 saturated carbocycles. The fraction of sp³-hybridized carbons (Fsp3) is 0.474. The lowest BCUT2D eigenvalue weighted by molar-refractivity contribution is -0.117. The number of carbonyl (C=O) groups is 1. The van der Waals surface area contributed by atoms with Gasteiger partial charge in [0.15, 0.2) is 5.13 Å². The number of nitrogens with zero attached hydrogens (tertiary/aromatic N) is 3. The number of hydrogen-bond acceptors (Lipinski definition) is 4. The lowest BCUT2D eigenvalue weighted by Gasteiger charge is -2.29. The van der Waals surface area contributed by atoms with Crippen molar-refractivity contribution >= 4 is 28.1 Å². The molecule has 4 nitrogen and oxygen atoms in total. The molecule has 1 aromatic heterocycles. The Morgan fingerprint density at radius 2 is 1.88 bits per heavy atom. The number of thiazole rings is 1. The highest BCUT2D eigenvalue weighted by atomic mass is 32.1. The normalized spacial score (nSPS) is 19.3. The van der Waals surface area contributed by atoms with Crippen LogP contribution in [-0.2, 0) is 4.79 Å². The maximum atomic E-state index is 11.8. The summed E-state index contributed by atoms with van der Waals surface area (Å²) in [4.78, 5) is 21.0. The van der Waals surface area contributed by atoms with Gasteiger partial charge in [0.2, 0.25) is 5.91 Å². The summed E-state index contributed by atoms with van der Waals surface area (Å²) < 4.78 is 0. The van der Waals surface area contributed by atoms with Crippen LogP contribution in [0.15, 0.2) is 29.6 Å². The highest BCUT2D eigenvalue weighted by molar-refractivity contribution is 7.14. The summed E-state index contributed by atoms with van der Waals surface area (Å²) in [6.45, 7) is 5.40. The number of rotatable bonds is 3. The summed E-state index contributed by atoms with van der Waals surface area (Å²) in [7, 11) is 0. The number of aromatic nitrogens is 1. The maximum absolute atomic E-state index is 11.8. The first kappa shape index (κ1) is 15.6. The average Bonchev–Trinajstić information content (AvgIpc) is 3.25. The van der Waals surface area contributed by atoms with E-state index in [0.29, 0.717) is 6.42 Å². The molecular formula is C19H23N3OS. The molecule has 2 aromatic rings. The number of hydrogen-bond donors (Lipinski definition) is 0. The summed E-state index contributed by atoms with van der Waals surface area (Å²) in [6.07, 6.45) is 4.15. The summed E-state index contributed by atoms with van der Waals surface area (Å²) in [5.74, 6) is 1.07. The van der Waals surface area contributed by atoms with Crippen LogP contribution in [0.5, 0.6) is 0 Å². The zero-order chi connectivity index (χ0) is 16.5. The molecule has 3 heterocycles. The predicted octanol–water partition coefficient (Wildman–Crippen LogP) is 4.17. The number of piperidine rings is 1. The molecule has 24 heavy (non-hydrogen) atoms. The smallest absolute Gasteiger partial charge is 0.227 e. The molecule has 0 bridgehead atoms. The molecule has 0 spiro atoms. The zero-order valence-electron chi connectivity index (χ0n) is 14.1. The molecule has 0 unspecified atom stereocenters. The van der Waals surface area contributed by atoms with Gasteiger partial charge in [-0.25, -0.2) is 4.98 Å². The van der Waals surface area contributed by atoms with E-state index < -0.39 is 0 Å². The van der Waals surface area contributed by atoms with Crippen LogP contribution in [0.3, 0.4) is 0 Å². The van der Waals surface area contributed by atoms with E-state index in [1.54, 1.807) is 11.3 Å². The lowest BCUT2D eigenvalue weighted by atomic mass is 10.00. The first-order valence-corrected chi connectivity index (χ1v) is 9.70. The van der Waals surface area contributed by atoms with Gasteiger partial charge in [-0.05, 0) is 37.3 Å². The van der Waals surface area contributed by atoms with Gasteiger partial charge in [0.1, 0.15) is 0 Å². The molecular weight excluding hydrogens is 318 g/mol. The first-order chi connectivity index (χ1) is 11.7. The second-order valence-electron chi connectivity index (χ2n) is 6.88. The SMILES string of the molecule is CC1CCN(c2nc(-c3ccc(N4CCCC4=O)cc3)cs2)CC1. The molecule has 0 atom stereocenters. The minimum absolute atomic E-state index is 0.234. The van der Waals surface area contributed by atoms with E-state index in [1.165, 1.54) is 12.8 Å². The Bertz CT molecular complexity index is 716. The molecule has 0 radical (unpaired) electrons. The third-order valence-corrected chi connectivity index (χ3v) is 6.00. The molecule has 4 rings (SSSR count). The van der Waals surface area contributed by atoms with Crippen LogP contribution in [0.2, 0.25) is 0 Å². The summed E-state index contributed by atoms with van der Waals surface area (Å²) in [5.41, 5.74) is 3.16. The van der Waals surface area contributed by atoms with Gasteiger partial charge in [-0.15, -0.1) is 11.3 Å². The van der Waals surface area contributed by atoms with E-state index in [0.717, 1.165) is 54.0 Å². The third-order valence-electron chi connectivity index (χ3n) is 5.09. The van der Waals surface area contributed by atoms with E-state index in [4.69, 9.17) is 4.98 Å². The van der Waals surface area contributed by atoms with Crippen molar-refractivity contribution in [2.75, 3.05) is 29.4 Å². The van der Waals surface area contributed by atoms with E-state index in [-0.39, 0.29) is 5.91 Å². The highest BCUT2D eigenvalue weighted by Crippen LogP contribution is 2.31. The molecule has 2 aliphatic rings. The number of benzene rings is 1. The quantitative estimate of drug-likeness (QED) is 0.840. The van der Waals surface area contributed by atoms with Crippen LogP contribution < -0.4 is 9.80 Å². The van der Waals surface area contributed by atoms with Gasteiger partial charge in [0, 0.05) is 42.7 Å². The van der Waals surface area contributed by atoms with Crippen LogP contribution in [0.25, 0.3) is 11.3 Å². The van der Waals surface area contributed by atoms with Crippen molar-refractivity contribution in [1.29, 1.82) is 0 Å². The second kappa shape index (κ2) is 6.55. The molecule has 0 N–H and O–H groups in total. The number of amides is 1. The van der Waals surface area contributed by atoms with Gasteiger partial charge >= 0.3 is 0 Å². The van der Waals surface area contributed by atoms with Crippen LogP contribution in [-0.4, -0.2) is 30.5 Å². The maximum Gasteiger partial charge on any atom is 0.227 e. The minimum atomic E-state index is 0.234. The van der Waals surface area contributed by atoms with Gasteiger partial charge in [-0.2, -0.15) is 0 Å². The monoisotopic (exact) mass is 341 g/mol. The average molecular weight is 341 g/mol. The van der Waals surface area contributed by atoms with Crippen molar-refractivity contribution in [3.05, 3.63) is 29.6 Å². The molecule has 5 heteroatoms. The molecule has 1 amide bonds. The van der Waals surface area contributed by atoms with Crippen molar-refractivity contribution in [1.82, 2.24) is 4.98 Å². The molecule has 0 aliphatic carbocycles. The fourth-order valence-corrected chi connectivity index (χ4v) is 4.36. The molecule has 1 aromatic carbocycles. The van der Waals surface area contributed by atoms with Gasteiger partial charge in [0.25, 0.3) is 0 Å². The molecule has 2 saturated heterocycles. The first-order valence-electron chi connectivity index (χ1n) is 8.82. The summed E-state index contributed by atoms with van der Waals surface area (Å²) in [6, 6.07) is 8.25. The lowest BCUT2D eigenvalue weighted by Crippen LogP contribution is -2.32. The summed E-state index contributed by atoms with van der Waals surface area (Å²) in [5, 5.41) is 3.28. The summed E-state index contributed by atoms with van der Waals surface area (Å²) >= 11 is 1.73. The van der Waals surface area contributed by atoms with Crippen molar-refractivity contribution in [2.45, 2.75) is 32.6 Å². The van der Waals surface area contributed by atoms with Gasteiger partial charge in [-0.1, -0.05) is 19.1 Å². The molecule has 2 aliphatic heterocycles. The van der Waals surface area contributed by atoms with Crippen LogP contribution in [0, 0.1) is 5.92 Å². The Hall–Kier alpha value is -1.88. The van der Waals surface area contributed by atoms with Gasteiger partial charge in [-0.3, -0.25) is 4.79 Å². The number of anilines is 2. The van der Waals surface area contributed by atoms with Crippen molar-refractivity contribution < 1.29 is 4.79 Å². The number of carbonyl (C=O) groups excluding carboxylic acids is 1. The topological polar surface area (TPSA) is 36.4 Å². The Kier molecular flexibility index (Phi) is 4.27. The Morgan fingerprint density at radius 3 is 2.54 bits per heavy atom. The van der Waals surface area contributed by atoms with Crippen LogP contribution in [0.4, 0.5) is 10.8 Å². The molecule has 2 fully saturated rings. The van der Waals surface area contributed by atoms with E-state index in [2.05, 4.69) is 29.3 Å². The third kappa shape index (κ3) is 3.05. The standard InChI is InChI=1S/C19H23N3OS/c1-14-8-11-21(12-9-14)19-20-17(13-24-19)15-4-6-16(7-5-15)22-10-2-3-18(22)23/h4-7,13-14H,2-3,8-12H2,1H3. The zero-order valence-corrected chi connectivity index (χ0v) is 14.9. The second-order valence-corrected chi connectivity index (χ2v) is 7.72. The van der Waals surface area contributed by atoms with Crippen molar-refractivity contribution in [3.8, 4) is 11.3 Å². The van der Waals surface area contributed by atoms with E-state index in [1.807, 2.05) is 17.0 Å². The van der Waals surface area contributed by atoms with Gasteiger partial charge in [0.05, 0.1) is 5.69 Å². The van der Waals surface area contributed by atoms with Crippen molar-refractivity contribution in [2.24, 2.45) is 5.92 Å². The van der Waals surface area contributed by atoms with Crippen LogP contribution >= 0.6 is 11.3 Å². The largest absolute Gasteiger partial charge is 0.348 e. The van der Waals surface area contributed by atoms with Gasteiger partial charge < -0.3 is 9.80 Å². The Labute approximate surface area is 147 Å². The predicted molar refractivity (Wildman–Crippen MR) is 99.7 cm³/mol. The highest BCUT2D eigenvalue weighted by Gasteiger charge is 2.22. The van der Waals surface area contributed by atoms with Crippen LogP contribution in [0.1, 0.15) is 32.6 Å². The molecule has 126 valence electrons. The Balaban J connectivity index is 1.49. The minimum Gasteiger partial charge on any atom is -0.348 e. The fourth-order valence-electron chi connectivity index (χ4n) is 3.48. The van der Waals surface area contributed by atoms with E-state index >= 15 is 0 Å². The van der Waals surface area contributed by atoms with E-state index in [9.17, 15) is 4.79 Å². The Morgan fingerprint density at radius 1 is 1.12 bits per heavy atom. The van der Waals surface area contributed by atoms with Crippen molar-refractivity contribution in [3.63, 3.8) is 0 Å².